The highest BCUT2D eigenvalue weighted by Gasteiger charge is 2.33. The SMILES string of the molecule is CCc1ccccc1N(CC(=O)N(Cc1ccc(Cl)cc1)[C@H](CC)C(=O)NC)S(=O)(=O)c1ccccc1. The number of likely N-dealkylation sites (N-methyl/N-ethyl adjacent to an activating group) is 1. The Balaban J connectivity index is 2.08. The van der Waals surface area contributed by atoms with E-state index in [1.165, 1.54) is 24.1 Å². The molecule has 0 aromatic heterocycles. The van der Waals surface area contributed by atoms with Gasteiger partial charge in [-0.3, -0.25) is 13.9 Å². The molecule has 3 aromatic carbocycles. The van der Waals surface area contributed by atoms with Crippen molar-refractivity contribution >= 4 is 39.1 Å². The zero-order chi connectivity index (χ0) is 27.0. The molecular weight excluding hydrogens is 510 g/mol. The molecule has 3 rings (SSSR count). The number of nitrogens with one attached hydrogen (secondary N) is 1. The molecule has 0 spiro atoms. The topological polar surface area (TPSA) is 86.8 Å². The molecule has 0 aliphatic carbocycles. The van der Waals surface area contributed by atoms with Crippen molar-refractivity contribution in [1.29, 1.82) is 0 Å². The number of hydrogen-bond acceptors (Lipinski definition) is 4. The van der Waals surface area contributed by atoms with E-state index in [9.17, 15) is 18.0 Å². The van der Waals surface area contributed by atoms with Crippen LogP contribution in [0.5, 0.6) is 0 Å². The number of nitrogens with zero attached hydrogens (tertiary/aromatic N) is 2. The van der Waals surface area contributed by atoms with Crippen molar-refractivity contribution in [3.8, 4) is 0 Å². The third-order valence-electron chi connectivity index (χ3n) is 6.15. The van der Waals surface area contributed by atoms with Crippen LogP contribution in [0.1, 0.15) is 31.4 Å². The number of aryl methyl sites for hydroxylation is 1. The van der Waals surface area contributed by atoms with Crippen molar-refractivity contribution in [2.24, 2.45) is 0 Å². The van der Waals surface area contributed by atoms with Crippen LogP contribution >= 0.6 is 11.6 Å². The van der Waals surface area contributed by atoms with Crippen LogP contribution < -0.4 is 9.62 Å². The first-order valence-corrected chi connectivity index (χ1v) is 14.0. The van der Waals surface area contributed by atoms with Crippen molar-refractivity contribution in [1.82, 2.24) is 10.2 Å². The maximum atomic E-state index is 13.9. The summed E-state index contributed by atoms with van der Waals surface area (Å²) in [5, 5.41) is 3.17. The Kier molecular flexibility index (Phi) is 9.72. The average Bonchev–Trinajstić information content (AvgIpc) is 2.92. The van der Waals surface area contributed by atoms with E-state index < -0.39 is 28.5 Å². The van der Waals surface area contributed by atoms with E-state index in [1.54, 1.807) is 54.6 Å². The summed E-state index contributed by atoms with van der Waals surface area (Å²) in [6.07, 6.45) is 0.936. The van der Waals surface area contributed by atoms with Gasteiger partial charge >= 0.3 is 0 Å². The Bertz CT molecular complexity index is 1310. The predicted molar refractivity (Wildman–Crippen MR) is 147 cm³/mol. The second-order valence-electron chi connectivity index (χ2n) is 8.49. The van der Waals surface area contributed by atoms with E-state index in [0.29, 0.717) is 23.6 Å². The highest BCUT2D eigenvalue weighted by molar-refractivity contribution is 7.92. The Morgan fingerprint density at radius 2 is 1.54 bits per heavy atom. The third-order valence-corrected chi connectivity index (χ3v) is 8.18. The Labute approximate surface area is 224 Å². The number of hydrogen-bond donors (Lipinski definition) is 1. The van der Waals surface area contributed by atoms with Gasteiger partial charge in [-0.1, -0.05) is 74.0 Å². The summed E-state index contributed by atoms with van der Waals surface area (Å²) in [5.41, 5.74) is 1.99. The van der Waals surface area contributed by atoms with Crippen LogP contribution in [0.25, 0.3) is 0 Å². The summed E-state index contributed by atoms with van der Waals surface area (Å²) in [4.78, 5) is 28.2. The van der Waals surface area contributed by atoms with E-state index in [2.05, 4.69) is 5.32 Å². The van der Waals surface area contributed by atoms with Crippen LogP contribution in [0.15, 0.2) is 83.8 Å². The lowest BCUT2D eigenvalue weighted by molar-refractivity contribution is -0.140. The minimum absolute atomic E-state index is 0.0799. The molecule has 0 aliphatic rings. The summed E-state index contributed by atoms with van der Waals surface area (Å²) in [6, 6.07) is 21.4. The summed E-state index contributed by atoms with van der Waals surface area (Å²) in [7, 11) is -2.57. The maximum Gasteiger partial charge on any atom is 0.264 e. The third kappa shape index (κ3) is 6.70. The molecule has 196 valence electrons. The Morgan fingerprint density at radius 3 is 2.14 bits per heavy atom. The minimum Gasteiger partial charge on any atom is -0.357 e. The summed E-state index contributed by atoms with van der Waals surface area (Å²) in [6.45, 7) is 3.40. The summed E-state index contributed by atoms with van der Waals surface area (Å²) < 4.78 is 28.8. The first-order valence-electron chi connectivity index (χ1n) is 12.1. The molecule has 37 heavy (non-hydrogen) atoms. The molecule has 7 nitrogen and oxygen atoms in total. The lowest BCUT2D eigenvalue weighted by atomic mass is 10.1. The summed E-state index contributed by atoms with van der Waals surface area (Å²) in [5.74, 6) is -0.813. The first kappa shape index (κ1) is 28.2. The van der Waals surface area contributed by atoms with Crippen LogP contribution in [-0.2, 0) is 32.6 Å². The Hall–Kier alpha value is -3.36. The van der Waals surface area contributed by atoms with Gasteiger partial charge in [0.2, 0.25) is 11.8 Å². The fraction of sp³-hybridized carbons (Fsp3) is 0.286. The van der Waals surface area contributed by atoms with Crippen molar-refractivity contribution < 1.29 is 18.0 Å². The number of carbonyl (C=O) groups is 2. The molecule has 0 heterocycles. The minimum atomic E-state index is -4.08. The number of rotatable bonds is 11. The van der Waals surface area contributed by atoms with E-state index in [4.69, 9.17) is 11.6 Å². The summed E-state index contributed by atoms with van der Waals surface area (Å²) >= 11 is 6.03. The van der Waals surface area contributed by atoms with Crippen LogP contribution in [0, 0.1) is 0 Å². The fourth-order valence-corrected chi connectivity index (χ4v) is 5.76. The zero-order valence-electron chi connectivity index (χ0n) is 21.2. The van der Waals surface area contributed by atoms with Gasteiger partial charge in [-0.2, -0.15) is 0 Å². The number of anilines is 1. The largest absolute Gasteiger partial charge is 0.357 e. The number of amides is 2. The molecule has 1 atom stereocenters. The maximum absolute atomic E-state index is 13.9. The standard InChI is InChI=1S/C28H32ClN3O4S/c1-4-22-11-9-10-14-26(22)32(37(35,36)24-12-7-6-8-13-24)20-27(33)31(25(5-2)28(34)30-3)19-21-15-17-23(29)18-16-21/h6-18,25H,4-5,19-20H2,1-3H3,(H,30,34)/t25-/m1/s1. The lowest BCUT2D eigenvalue weighted by Gasteiger charge is -2.33. The second kappa shape index (κ2) is 12.7. The second-order valence-corrected chi connectivity index (χ2v) is 10.8. The molecule has 2 amide bonds. The van der Waals surface area contributed by atoms with Crippen molar-refractivity contribution in [3.63, 3.8) is 0 Å². The van der Waals surface area contributed by atoms with E-state index >= 15 is 0 Å². The molecule has 0 radical (unpaired) electrons. The molecular formula is C28H32ClN3O4S. The van der Waals surface area contributed by atoms with Crippen LogP contribution in [0.2, 0.25) is 5.02 Å². The van der Waals surface area contributed by atoms with Gasteiger partial charge in [0.25, 0.3) is 10.0 Å². The van der Waals surface area contributed by atoms with Crippen molar-refractivity contribution in [3.05, 3.63) is 95.0 Å². The van der Waals surface area contributed by atoms with Gasteiger partial charge in [-0.25, -0.2) is 8.42 Å². The van der Waals surface area contributed by atoms with E-state index in [-0.39, 0.29) is 17.3 Å². The molecule has 0 aliphatic heterocycles. The fourth-order valence-electron chi connectivity index (χ4n) is 4.16. The number of para-hydroxylation sites is 1. The van der Waals surface area contributed by atoms with Gasteiger partial charge < -0.3 is 10.2 Å². The molecule has 0 saturated carbocycles. The molecule has 0 fully saturated rings. The smallest absolute Gasteiger partial charge is 0.264 e. The van der Waals surface area contributed by atoms with Gasteiger partial charge in [0.1, 0.15) is 12.6 Å². The molecule has 9 heteroatoms. The van der Waals surface area contributed by atoms with Crippen LogP contribution in [0.3, 0.4) is 0 Å². The van der Waals surface area contributed by atoms with Gasteiger partial charge in [-0.15, -0.1) is 0 Å². The van der Waals surface area contributed by atoms with Gasteiger partial charge in [0.15, 0.2) is 0 Å². The molecule has 0 saturated heterocycles. The number of benzene rings is 3. The number of halogens is 1. The van der Waals surface area contributed by atoms with Gasteiger partial charge in [0, 0.05) is 18.6 Å². The number of carbonyl (C=O) groups excluding carboxylic acids is 2. The van der Waals surface area contributed by atoms with E-state index in [0.717, 1.165) is 15.4 Å². The van der Waals surface area contributed by atoms with Crippen LogP contribution in [0.4, 0.5) is 5.69 Å². The lowest BCUT2D eigenvalue weighted by Crippen LogP contribution is -2.51. The normalized spacial score (nSPS) is 12.0. The van der Waals surface area contributed by atoms with Crippen LogP contribution in [-0.4, -0.2) is 44.8 Å². The zero-order valence-corrected chi connectivity index (χ0v) is 22.8. The predicted octanol–water partition coefficient (Wildman–Crippen LogP) is 4.65. The molecule has 1 N–H and O–H groups in total. The highest BCUT2D eigenvalue weighted by atomic mass is 35.5. The average molecular weight is 542 g/mol. The Morgan fingerprint density at radius 1 is 0.919 bits per heavy atom. The van der Waals surface area contributed by atoms with E-state index in [1.807, 2.05) is 26.0 Å². The van der Waals surface area contributed by atoms with Gasteiger partial charge in [-0.05, 0) is 54.3 Å². The van der Waals surface area contributed by atoms with Gasteiger partial charge in [0.05, 0.1) is 10.6 Å². The quantitative estimate of drug-likeness (QED) is 0.383. The van der Waals surface area contributed by atoms with Crippen molar-refractivity contribution in [2.45, 2.75) is 44.2 Å². The molecule has 3 aromatic rings. The first-order chi connectivity index (χ1) is 17.7. The molecule has 0 unspecified atom stereocenters. The molecule has 0 bridgehead atoms. The monoisotopic (exact) mass is 541 g/mol. The van der Waals surface area contributed by atoms with Crippen molar-refractivity contribution in [2.75, 3.05) is 17.9 Å². The highest BCUT2D eigenvalue weighted by Crippen LogP contribution is 2.28. The number of sulfonamides is 1.